The highest BCUT2D eigenvalue weighted by atomic mass is 32.1. The van der Waals surface area contributed by atoms with Crippen molar-refractivity contribution >= 4 is 45.8 Å². The summed E-state index contributed by atoms with van der Waals surface area (Å²) >= 11 is 11.4. The number of rotatable bonds is 5. The zero-order valence-electron chi connectivity index (χ0n) is 13.6. The highest BCUT2D eigenvalue weighted by molar-refractivity contribution is 7.82. The van der Waals surface area contributed by atoms with Crippen molar-refractivity contribution in [1.29, 1.82) is 0 Å². The Morgan fingerprint density at radius 2 is 0.920 bits per heavy atom. The molecule has 25 heavy (non-hydrogen) atoms. The fourth-order valence-electron chi connectivity index (χ4n) is 2.54. The topological polar surface area (TPSA) is 24.1 Å². The first-order chi connectivity index (χ1) is 12.2. The molecule has 0 heterocycles. The Morgan fingerprint density at radius 1 is 0.560 bits per heavy atom. The molecule has 3 rings (SSSR count). The monoisotopic (exact) mass is 362 g/mol. The number of nitrogens with one attached hydrogen (secondary N) is 2. The molecule has 2 nitrogen and oxygen atoms in total. The number of para-hydroxylation sites is 2. The van der Waals surface area contributed by atoms with Crippen molar-refractivity contribution < 1.29 is 0 Å². The Labute approximate surface area is 158 Å². The van der Waals surface area contributed by atoms with E-state index < -0.39 is 0 Å². The molecule has 2 N–H and O–H groups in total. The van der Waals surface area contributed by atoms with Crippen LogP contribution in [0.1, 0.15) is 11.5 Å². The third-order valence-electron chi connectivity index (χ3n) is 3.74. The molecule has 0 aliphatic heterocycles. The summed E-state index contributed by atoms with van der Waals surface area (Å²) in [7, 11) is 0. The summed E-state index contributed by atoms with van der Waals surface area (Å²) in [5, 5.41) is 6.62. The molecule has 0 aliphatic rings. The van der Waals surface area contributed by atoms with Crippen LogP contribution in [0.5, 0.6) is 0 Å². The summed E-state index contributed by atoms with van der Waals surface area (Å²) in [6.07, 6.45) is 0. The Morgan fingerprint density at radius 3 is 1.32 bits per heavy atom. The molecule has 0 unspecified atom stereocenters. The summed E-state index contributed by atoms with van der Waals surface area (Å²) in [6, 6.07) is 29.9. The van der Waals surface area contributed by atoms with Crippen LogP contribution in [-0.2, 0) is 0 Å². The van der Waals surface area contributed by atoms with E-state index in [-0.39, 0.29) is 5.92 Å². The lowest BCUT2D eigenvalue weighted by molar-refractivity contribution is 1.23. The molecular formula is C21H18N2S2. The minimum atomic E-state index is -0.202. The molecule has 0 aliphatic carbocycles. The van der Waals surface area contributed by atoms with E-state index in [1.165, 1.54) is 0 Å². The average molecular weight is 363 g/mol. The van der Waals surface area contributed by atoms with Crippen molar-refractivity contribution in [2.45, 2.75) is 5.92 Å². The van der Waals surface area contributed by atoms with Gasteiger partial charge in [0, 0.05) is 11.4 Å². The smallest absolute Gasteiger partial charge is 0.0942 e. The molecule has 0 saturated heterocycles. The first-order valence-electron chi connectivity index (χ1n) is 8.01. The maximum absolute atomic E-state index is 5.69. The van der Waals surface area contributed by atoms with Crippen molar-refractivity contribution in [2.24, 2.45) is 0 Å². The number of anilines is 2. The highest BCUT2D eigenvalue weighted by Gasteiger charge is 2.22. The fourth-order valence-corrected chi connectivity index (χ4v) is 3.36. The Bertz CT molecular complexity index is 780. The van der Waals surface area contributed by atoms with Crippen LogP contribution in [0.15, 0.2) is 91.0 Å². The van der Waals surface area contributed by atoms with E-state index in [1.54, 1.807) is 0 Å². The van der Waals surface area contributed by atoms with Gasteiger partial charge in [-0.25, -0.2) is 0 Å². The fraction of sp³-hybridized carbons (Fsp3) is 0.0476. The van der Waals surface area contributed by atoms with Crippen molar-refractivity contribution in [3.8, 4) is 0 Å². The molecule has 124 valence electrons. The Balaban J connectivity index is 1.85. The molecule has 0 spiro atoms. The number of hydrogen-bond acceptors (Lipinski definition) is 2. The second kappa shape index (κ2) is 8.51. The van der Waals surface area contributed by atoms with Crippen LogP contribution in [0.3, 0.4) is 0 Å². The predicted molar refractivity (Wildman–Crippen MR) is 115 cm³/mol. The predicted octanol–water partition coefficient (Wildman–Crippen LogP) is 5.65. The van der Waals surface area contributed by atoms with Crippen molar-refractivity contribution in [2.75, 3.05) is 10.6 Å². The maximum Gasteiger partial charge on any atom is 0.0942 e. The third-order valence-corrected chi connectivity index (χ3v) is 4.42. The lowest BCUT2D eigenvalue weighted by Crippen LogP contribution is -2.29. The molecule has 0 fully saturated rings. The van der Waals surface area contributed by atoms with Gasteiger partial charge in [0.15, 0.2) is 0 Å². The van der Waals surface area contributed by atoms with E-state index in [4.69, 9.17) is 24.4 Å². The van der Waals surface area contributed by atoms with Crippen LogP contribution in [0.25, 0.3) is 0 Å². The van der Waals surface area contributed by atoms with Gasteiger partial charge in [0.1, 0.15) is 0 Å². The standard InChI is InChI=1S/C21H18N2S2/c24-20(22-17-12-6-2-7-13-17)19(16-10-4-1-5-11-16)21(25)23-18-14-8-3-9-15-18/h1-15,19H,(H,22,24)(H,23,25). The van der Waals surface area contributed by atoms with E-state index in [9.17, 15) is 0 Å². The first-order valence-corrected chi connectivity index (χ1v) is 8.82. The Hall–Kier alpha value is -2.56. The third kappa shape index (κ3) is 4.72. The zero-order chi connectivity index (χ0) is 17.5. The molecule has 0 aromatic heterocycles. The molecule has 0 bridgehead atoms. The van der Waals surface area contributed by atoms with Gasteiger partial charge in [-0.15, -0.1) is 0 Å². The van der Waals surface area contributed by atoms with E-state index in [2.05, 4.69) is 10.6 Å². The van der Waals surface area contributed by atoms with Crippen molar-refractivity contribution in [3.63, 3.8) is 0 Å². The van der Waals surface area contributed by atoms with Gasteiger partial charge in [-0.2, -0.15) is 0 Å². The van der Waals surface area contributed by atoms with Crippen LogP contribution >= 0.6 is 24.4 Å². The maximum atomic E-state index is 5.69. The molecule has 3 aromatic rings. The summed E-state index contributed by atoms with van der Waals surface area (Å²) in [5.41, 5.74) is 2.97. The van der Waals surface area contributed by atoms with Crippen LogP contribution in [0.2, 0.25) is 0 Å². The second-order valence-electron chi connectivity index (χ2n) is 5.55. The van der Waals surface area contributed by atoms with E-state index >= 15 is 0 Å². The van der Waals surface area contributed by atoms with Crippen LogP contribution < -0.4 is 10.6 Å². The van der Waals surface area contributed by atoms with Gasteiger partial charge in [0.25, 0.3) is 0 Å². The summed E-state index contributed by atoms with van der Waals surface area (Å²) in [6.45, 7) is 0. The summed E-state index contributed by atoms with van der Waals surface area (Å²) < 4.78 is 0. The summed E-state index contributed by atoms with van der Waals surface area (Å²) in [4.78, 5) is 1.34. The number of benzene rings is 3. The largest absolute Gasteiger partial charge is 0.349 e. The lowest BCUT2D eigenvalue weighted by atomic mass is 9.98. The van der Waals surface area contributed by atoms with Crippen molar-refractivity contribution in [1.82, 2.24) is 0 Å². The average Bonchev–Trinajstić information content (AvgIpc) is 2.64. The normalized spacial score (nSPS) is 10.3. The van der Waals surface area contributed by atoms with Gasteiger partial charge in [-0.1, -0.05) is 91.2 Å². The molecular weight excluding hydrogens is 344 g/mol. The van der Waals surface area contributed by atoms with Crippen LogP contribution in [0.4, 0.5) is 11.4 Å². The number of hydrogen-bond donors (Lipinski definition) is 2. The SMILES string of the molecule is S=C(Nc1ccccc1)C(C(=S)Nc1ccccc1)c1ccccc1. The Kier molecular flexibility index (Phi) is 5.88. The molecule has 3 aromatic carbocycles. The van der Waals surface area contributed by atoms with E-state index in [1.807, 2.05) is 91.0 Å². The van der Waals surface area contributed by atoms with Gasteiger partial charge >= 0.3 is 0 Å². The molecule has 4 heteroatoms. The minimum absolute atomic E-state index is 0.202. The van der Waals surface area contributed by atoms with Gasteiger partial charge in [0.05, 0.1) is 15.9 Å². The van der Waals surface area contributed by atoms with Gasteiger partial charge < -0.3 is 10.6 Å². The van der Waals surface area contributed by atoms with Crippen LogP contribution in [0, 0.1) is 0 Å². The zero-order valence-corrected chi connectivity index (χ0v) is 15.2. The molecule has 0 radical (unpaired) electrons. The van der Waals surface area contributed by atoms with E-state index in [0.29, 0.717) is 9.98 Å². The number of thiocarbonyl (C=S) groups is 2. The van der Waals surface area contributed by atoms with E-state index in [0.717, 1.165) is 16.9 Å². The molecule has 0 saturated carbocycles. The minimum Gasteiger partial charge on any atom is -0.349 e. The highest BCUT2D eigenvalue weighted by Crippen LogP contribution is 2.23. The quantitative estimate of drug-likeness (QED) is 0.573. The molecule has 0 amide bonds. The second-order valence-corrected chi connectivity index (χ2v) is 6.43. The lowest BCUT2D eigenvalue weighted by Gasteiger charge is -2.22. The van der Waals surface area contributed by atoms with Gasteiger partial charge in [-0.05, 0) is 29.8 Å². The van der Waals surface area contributed by atoms with Crippen molar-refractivity contribution in [3.05, 3.63) is 96.6 Å². The van der Waals surface area contributed by atoms with Crippen LogP contribution in [-0.4, -0.2) is 9.98 Å². The van der Waals surface area contributed by atoms with Gasteiger partial charge in [0.2, 0.25) is 0 Å². The first kappa shape index (κ1) is 17.3. The summed E-state index contributed by atoms with van der Waals surface area (Å²) in [5.74, 6) is -0.202. The van der Waals surface area contributed by atoms with Gasteiger partial charge in [-0.3, -0.25) is 0 Å². The molecule has 0 atom stereocenters.